The Morgan fingerprint density at radius 1 is 0.925 bits per heavy atom. The fraction of sp³-hybridized carbons (Fsp3) is 0.118. The highest BCUT2D eigenvalue weighted by Gasteiger charge is 2.32. The van der Waals surface area contributed by atoms with E-state index < -0.39 is 0 Å². The van der Waals surface area contributed by atoms with Crippen LogP contribution in [0.4, 0.5) is 10.1 Å². The first-order valence-corrected chi connectivity index (χ1v) is 13.1. The van der Waals surface area contributed by atoms with E-state index >= 15 is 0 Å². The minimum atomic E-state index is -0.297. The molecule has 0 radical (unpaired) electrons. The smallest absolute Gasteiger partial charge is 0.281 e. The normalized spacial score (nSPS) is 13.8. The second-order valence-corrected chi connectivity index (χ2v) is 9.17. The molecule has 0 N–H and O–H groups in total. The molecule has 1 heterocycles. The number of allylic oxidation sites excluding steroid dienone is 1. The predicted octanol–water partition coefficient (Wildman–Crippen LogP) is 7.37. The lowest BCUT2D eigenvalue weighted by molar-refractivity contribution is -0.114. The standard InChI is InChI=1S/C34H29FN2O3/c1-3-11-27-20-25(22-31(39-4-2)33(27)40-23-24-16-18-28(35)19-17-24)21-30-32(26-12-7-5-8-13-26)36-37(34(30)38)29-14-9-6-10-15-29/h3,5-10,12-22H,1,4,11,23H2,2H3/b30-21-. The quantitative estimate of drug-likeness (QED) is 0.158. The Kier molecular flexibility index (Phi) is 8.16. The van der Waals surface area contributed by atoms with Crippen LogP contribution < -0.4 is 14.5 Å². The van der Waals surface area contributed by atoms with Gasteiger partial charge in [0.05, 0.1) is 17.9 Å². The van der Waals surface area contributed by atoms with Crippen molar-refractivity contribution in [2.24, 2.45) is 5.10 Å². The molecule has 1 aliphatic rings. The van der Waals surface area contributed by atoms with Crippen LogP contribution in [0.1, 0.15) is 29.2 Å². The third-order valence-corrected chi connectivity index (χ3v) is 6.35. The van der Waals surface area contributed by atoms with E-state index in [1.807, 2.05) is 85.8 Å². The van der Waals surface area contributed by atoms with E-state index in [1.54, 1.807) is 18.2 Å². The first-order chi connectivity index (χ1) is 19.6. The van der Waals surface area contributed by atoms with E-state index in [1.165, 1.54) is 17.1 Å². The molecule has 200 valence electrons. The highest BCUT2D eigenvalue weighted by molar-refractivity contribution is 6.37. The van der Waals surface area contributed by atoms with E-state index in [9.17, 15) is 9.18 Å². The number of amides is 1. The van der Waals surface area contributed by atoms with Crippen molar-refractivity contribution in [2.75, 3.05) is 11.6 Å². The molecule has 1 aliphatic heterocycles. The van der Waals surface area contributed by atoms with Gasteiger partial charge in [0.2, 0.25) is 0 Å². The molecule has 0 spiro atoms. The molecule has 1 amide bonds. The van der Waals surface area contributed by atoms with E-state index in [2.05, 4.69) is 6.58 Å². The number of benzene rings is 4. The zero-order valence-corrected chi connectivity index (χ0v) is 22.2. The molecule has 4 aromatic carbocycles. The Labute approximate surface area is 233 Å². The third kappa shape index (κ3) is 5.86. The minimum Gasteiger partial charge on any atom is -0.490 e. The minimum absolute atomic E-state index is 0.218. The van der Waals surface area contributed by atoms with Crippen molar-refractivity contribution in [1.82, 2.24) is 0 Å². The van der Waals surface area contributed by atoms with Crippen molar-refractivity contribution < 1.29 is 18.7 Å². The molecule has 0 bridgehead atoms. The van der Waals surface area contributed by atoms with Crippen LogP contribution >= 0.6 is 0 Å². The molecular weight excluding hydrogens is 503 g/mol. The number of nitrogens with zero attached hydrogens (tertiary/aromatic N) is 2. The number of hydrazone groups is 1. The van der Waals surface area contributed by atoms with Gasteiger partial charge in [-0.15, -0.1) is 6.58 Å². The van der Waals surface area contributed by atoms with Gasteiger partial charge in [0, 0.05) is 11.1 Å². The summed E-state index contributed by atoms with van der Waals surface area (Å²) >= 11 is 0. The van der Waals surface area contributed by atoms with Crippen LogP contribution in [0.5, 0.6) is 11.5 Å². The van der Waals surface area contributed by atoms with Gasteiger partial charge >= 0.3 is 0 Å². The Hall–Kier alpha value is -4.97. The molecule has 5 rings (SSSR count). The van der Waals surface area contributed by atoms with Gasteiger partial charge in [0.25, 0.3) is 5.91 Å². The molecule has 4 aromatic rings. The summed E-state index contributed by atoms with van der Waals surface area (Å²) in [5.41, 5.74) is 5.07. The number of carbonyl (C=O) groups is 1. The van der Waals surface area contributed by atoms with Crippen molar-refractivity contribution in [3.63, 3.8) is 0 Å². The molecule has 0 aliphatic carbocycles. The molecule has 0 saturated heterocycles. The monoisotopic (exact) mass is 532 g/mol. The number of rotatable bonds is 10. The van der Waals surface area contributed by atoms with Crippen molar-refractivity contribution in [2.45, 2.75) is 20.0 Å². The zero-order chi connectivity index (χ0) is 27.9. The van der Waals surface area contributed by atoms with Crippen LogP contribution in [0.15, 0.2) is 120 Å². The summed E-state index contributed by atoms with van der Waals surface area (Å²) in [6.45, 7) is 6.49. The number of carbonyl (C=O) groups excluding carboxylic acids is 1. The van der Waals surface area contributed by atoms with E-state index in [4.69, 9.17) is 14.6 Å². The fourth-order valence-electron chi connectivity index (χ4n) is 4.50. The van der Waals surface area contributed by atoms with Gasteiger partial charge in [-0.25, -0.2) is 4.39 Å². The molecule has 0 atom stereocenters. The first-order valence-electron chi connectivity index (χ1n) is 13.1. The lowest BCUT2D eigenvalue weighted by atomic mass is 9.98. The van der Waals surface area contributed by atoms with Crippen LogP contribution in [-0.2, 0) is 17.8 Å². The number of hydrogen-bond donors (Lipinski definition) is 0. The van der Waals surface area contributed by atoms with E-state index in [0.29, 0.717) is 41.5 Å². The lowest BCUT2D eigenvalue weighted by Crippen LogP contribution is -2.21. The van der Waals surface area contributed by atoms with Gasteiger partial charge in [0.15, 0.2) is 11.5 Å². The number of anilines is 1. The van der Waals surface area contributed by atoms with Crippen LogP contribution in [0.3, 0.4) is 0 Å². The van der Waals surface area contributed by atoms with Crippen molar-refractivity contribution in [3.05, 3.63) is 143 Å². The SMILES string of the molecule is C=CCc1cc(/C=C2\C(=O)N(c3ccccc3)N=C2c2ccccc2)cc(OCC)c1OCc1ccc(F)cc1. The van der Waals surface area contributed by atoms with Crippen LogP contribution in [0, 0.1) is 5.82 Å². The Balaban J connectivity index is 1.56. The van der Waals surface area contributed by atoms with Gasteiger partial charge in [0.1, 0.15) is 18.1 Å². The number of hydrogen-bond acceptors (Lipinski definition) is 4. The van der Waals surface area contributed by atoms with Gasteiger partial charge in [-0.3, -0.25) is 4.79 Å². The Bertz CT molecular complexity index is 1560. The maximum absolute atomic E-state index is 13.7. The summed E-state index contributed by atoms with van der Waals surface area (Å²) in [6.07, 6.45) is 4.16. The average Bonchev–Trinajstić information content (AvgIpc) is 3.30. The molecule has 0 aromatic heterocycles. The summed E-state index contributed by atoms with van der Waals surface area (Å²) in [6, 6.07) is 29.1. The van der Waals surface area contributed by atoms with Crippen molar-refractivity contribution in [1.29, 1.82) is 0 Å². The fourth-order valence-corrected chi connectivity index (χ4v) is 4.50. The van der Waals surface area contributed by atoms with E-state index in [-0.39, 0.29) is 18.3 Å². The maximum atomic E-state index is 13.7. The maximum Gasteiger partial charge on any atom is 0.281 e. The van der Waals surface area contributed by atoms with Crippen LogP contribution in [-0.4, -0.2) is 18.2 Å². The Morgan fingerprint density at radius 3 is 2.30 bits per heavy atom. The molecule has 6 heteroatoms. The highest BCUT2D eigenvalue weighted by Crippen LogP contribution is 2.36. The Morgan fingerprint density at radius 2 is 1.62 bits per heavy atom. The highest BCUT2D eigenvalue weighted by atomic mass is 19.1. The van der Waals surface area contributed by atoms with Gasteiger partial charge in [-0.1, -0.05) is 66.7 Å². The third-order valence-electron chi connectivity index (χ3n) is 6.35. The molecule has 0 saturated carbocycles. The number of ether oxygens (including phenoxy) is 2. The molecule has 0 fully saturated rings. The van der Waals surface area contributed by atoms with Crippen LogP contribution in [0.2, 0.25) is 0 Å². The summed E-state index contributed by atoms with van der Waals surface area (Å²) in [4.78, 5) is 13.7. The molecular formula is C34H29FN2O3. The second-order valence-electron chi connectivity index (χ2n) is 9.17. The average molecular weight is 533 g/mol. The lowest BCUT2D eigenvalue weighted by Gasteiger charge is -2.17. The molecule has 40 heavy (non-hydrogen) atoms. The van der Waals surface area contributed by atoms with Crippen molar-refractivity contribution >= 4 is 23.4 Å². The number of para-hydroxylation sites is 1. The largest absolute Gasteiger partial charge is 0.490 e. The van der Waals surface area contributed by atoms with Gasteiger partial charge < -0.3 is 9.47 Å². The topological polar surface area (TPSA) is 51.1 Å². The molecule has 0 unspecified atom stereocenters. The summed E-state index contributed by atoms with van der Waals surface area (Å²) in [5.74, 6) is 0.632. The first kappa shape index (κ1) is 26.6. The summed E-state index contributed by atoms with van der Waals surface area (Å²) in [7, 11) is 0. The number of halogens is 1. The predicted molar refractivity (Wildman–Crippen MR) is 157 cm³/mol. The van der Waals surface area contributed by atoms with Crippen LogP contribution in [0.25, 0.3) is 6.08 Å². The van der Waals surface area contributed by atoms with Crippen molar-refractivity contribution in [3.8, 4) is 11.5 Å². The summed E-state index contributed by atoms with van der Waals surface area (Å²) in [5, 5.41) is 6.16. The zero-order valence-electron chi connectivity index (χ0n) is 22.2. The molecule has 5 nitrogen and oxygen atoms in total. The second kappa shape index (κ2) is 12.3. The summed E-state index contributed by atoms with van der Waals surface area (Å²) < 4.78 is 25.5. The van der Waals surface area contributed by atoms with Gasteiger partial charge in [-0.05, 0) is 66.9 Å². The van der Waals surface area contributed by atoms with E-state index in [0.717, 1.165) is 22.3 Å². The van der Waals surface area contributed by atoms with Gasteiger partial charge in [-0.2, -0.15) is 10.1 Å².